The molecule has 0 saturated heterocycles. The van der Waals surface area contributed by atoms with Crippen molar-refractivity contribution in [2.24, 2.45) is 0 Å². The molecule has 19 heavy (non-hydrogen) atoms. The van der Waals surface area contributed by atoms with Crippen LogP contribution in [0.1, 0.15) is 24.0 Å². The molecule has 1 heterocycles. The lowest BCUT2D eigenvalue weighted by Crippen LogP contribution is -2.15. The maximum absolute atomic E-state index is 13.5. The van der Waals surface area contributed by atoms with Gasteiger partial charge in [-0.15, -0.1) is 0 Å². The van der Waals surface area contributed by atoms with Gasteiger partial charge in [-0.25, -0.2) is 14.4 Å². The third-order valence-electron chi connectivity index (χ3n) is 3.31. The van der Waals surface area contributed by atoms with Gasteiger partial charge in [-0.3, -0.25) is 0 Å². The van der Waals surface area contributed by atoms with Crippen molar-refractivity contribution in [3.63, 3.8) is 0 Å². The molecule has 0 atom stereocenters. The molecule has 0 spiro atoms. The van der Waals surface area contributed by atoms with Crippen molar-refractivity contribution in [3.05, 3.63) is 47.5 Å². The van der Waals surface area contributed by atoms with Gasteiger partial charge in [0.1, 0.15) is 5.82 Å². The van der Waals surface area contributed by atoms with Gasteiger partial charge in [-0.1, -0.05) is 12.1 Å². The molecule has 2 aromatic rings. The minimum Gasteiger partial charge on any atom is -0.310 e. The third-order valence-corrected chi connectivity index (χ3v) is 3.31. The second-order valence-electron chi connectivity index (χ2n) is 5.03. The number of nitrogens with zero attached hydrogens (tertiary/aromatic N) is 2. The van der Waals surface area contributed by atoms with Gasteiger partial charge in [0.15, 0.2) is 5.82 Å². The van der Waals surface area contributed by atoms with E-state index < -0.39 is 0 Å². The smallest absolute Gasteiger partial charge is 0.159 e. The second kappa shape index (κ2) is 5.05. The summed E-state index contributed by atoms with van der Waals surface area (Å²) in [5.74, 6) is 0.342. The summed E-state index contributed by atoms with van der Waals surface area (Å²) in [5.41, 5.74) is 2.40. The van der Waals surface area contributed by atoms with E-state index in [1.165, 1.54) is 18.9 Å². The summed E-state index contributed by atoms with van der Waals surface area (Å²) in [6, 6.07) is 5.74. The molecule has 0 amide bonds. The molecule has 1 saturated carbocycles. The fourth-order valence-electron chi connectivity index (χ4n) is 1.88. The number of rotatable bonds is 4. The van der Waals surface area contributed by atoms with Gasteiger partial charge >= 0.3 is 0 Å². The third kappa shape index (κ3) is 2.96. The van der Waals surface area contributed by atoms with E-state index in [0.29, 0.717) is 23.0 Å². The molecule has 4 heteroatoms. The number of halogens is 1. The summed E-state index contributed by atoms with van der Waals surface area (Å²) in [5, 5.41) is 3.41. The Morgan fingerprint density at radius 2 is 2.00 bits per heavy atom. The van der Waals surface area contributed by atoms with E-state index in [1.54, 1.807) is 25.4 Å². The van der Waals surface area contributed by atoms with Crippen molar-refractivity contribution in [2.75, 3.05) is 0 Å². The zero-order valence-electron chi connectivity index (χ0n) is 10.9. The predicted octanol–water partition coefficient (Wildman–Crippen LogP) is 2.84. The second-order valence-corrected chi connectivity index (χ2v) is 5.03. The van der Waals surface area contributed by atoms with Crippen molar-refractivity contribution >= 4 is 0 Å². The largest absolute Gasteiger partial charge is 0.310 e. The van der Waals surface area contributed by atoms with Crippen molar-refractivity contribution in [3.8, 4) is 11.4 Å². The fourth-order valence-corrected chi connectivity index (χ4v) is 1.88. The summed E-state index contributed by atoms with van der Waals surface area (Å²) in [7, 11) is 0. The Bertz CT molecular complexity index is 576. The normalized spacial score (nSPS) is 14.6. The molecule has 0 aliphatic heterocycles. The van der Waals surface area contributed by atoms with Crippen LogP contribution in [0.3, 0.4) is 0 Å². The molecule has 3 nitrogen and oxygen atoms in total. The van der Waals surface area contributed by atoms with E-state index in [2.05, 4.69) is 15.3 Å². The zero-order valence-corrected chi connectivity index (χ0v) is 10.9. The van der Waals surface area contributed by atoms with E-state index in [0.717, 1.165) is 12.1 Å². The van der Waals surface area contributed by atoms with Crippen LogP contribution in [0.5, 0.6) is 0 Å². The standard InChI is InChI=1S/C15H16FN3/c1-10-2-3-12(6-14(10)16)15-18-8-11(9-19-15)7-17-13-4-5-13/h2-3,6,8-9,13,17H,4-5,7H2,1H3. The monoisotopic (exact) mass is 257 g/mol. The maximum Gasteiger partial charge on any atom is 0.159 e. The number of aryl methyl sites for hydroxylation is 1. The van der Waals surface area contributed by atoms with Gasteiger partial charge in [-0.2, -0.15) is 0 Å². The molecular weight excluding hydrogens is 241 g/mol. The average molecular weight is 257 g/mol. The van der Waals surface area contributed by atoms with E-state index in [-0.39, 0.29) is 5.82 Å². The van der Waals surface area contributed by atoms with Crippen LogP contribution in [0.4, 0.5) is 4.39 Å². The first-order chi connectivity index (χ1) is 9.22. The van der Waals surface area contributed by atoms with Gasteiger partial charge in [0, 0.05) is 36.1 Å². The first kappa shape index (κ1) is 12.2. The van der Waals surface area contributed by atoms with Crippen molar-refractivity contribution in [1.29, 1.82) is 0 Å². The van der Waals surface area contributed by atoms with Crippen LogP contribution in [0, 0.1) is 12.7 Å². The molecule has 1 aliphatic rings. The molecule has 3 rings (SSSR count). The lowest BCUT2D eigenvalue weighted by molar-refractivity contribution is 0.619. The maximum atomic E-state index is 13.5. The predicted molar refractivity (Wildman–Crippen MR) is 72.0 cm³/mol. The number of benzene rings is 1. The minimum atomic E-state index is -0.222. The van der Waals surface area contributed by atoms with Crippen LogP contribution in [0.25, 0.3) is 11.4 Å². The Labute approximate surface area is 111 Å². The highest BCUT2D eigenvalue weighted by molar-refractivity contribution is 5.55. The van der Waals surface area contributed by atoms with Gasteiger partial charge in [0.25, 0.3) is 0 Å². The Morgan fingerprint density at radius 1 is 1.26 bits per heavy atom. The molecule has 0 unspecified atom stereocenters. The SMILES string of the molecule is Cc1ccc(-c2ncc(CNC3CC3)cn2)cc1F. The lowest BCUT2D eigenvalue weighted by atomic mass is 10.1. The first-order valence-corrected chi connectivity index (χ1v) is 6.53. The van der Waals surface area contributed by atoms with Crippen molar-refractivity contribution in [2.45, 2.75) is 32.4 Å². The van der Waals surface area contributed by atoms with Crippen LogP contribution in [0.15, 0.2) is 30.6 Å². The van der Waals surface area contributed by atoms with Crippen LogP contribution >= 0.6 is 0 Å². The van der Waals surface area contributed by atoms with Crippen LogP contribution in [-0.4, -0.2) is 16.0 Å². The lowest BCUT2D eigenvalue weighted by Gasteiger charge is -2.05. The Kier molecular flexibility index (Phi) is 3.25. The topological polar surface area (TPSA) is 37.8 Å². The van der Waals surface area contributed by atoms with Crippen LogP contribution < -0.4 is 5.32 Å². The van der Waals surface area contributed by atoms with Crippen molar-refractivity contribution in [1.82, 2.24) is 15.3 Å². The summed E-state index contributed by atoms with van der Waals surface area (Å²) < 4.78 is 13.5. The van der Waals surface area contributed by atoms with Crippen LogP contribution in [-0.2, 0) is 6.54 Å². The average Bonchev–Trinajstić information content (AvgIpc) is 3.24. The molecule has 0 bridgehead atoms. The highest BCUT2D eigenvalue weighted by Gasteiger charge is 2.19. The molecule has 0 radical (unpaired) electrons. The molecule has 1 N–H and O–H groups in total. The highest BCUT2D eigenvalue weighted by atomic mass is 19.1. The number of aromatic nitrogens is 2. The van der Waals surface area contributed by atoms with E-state index in [1.807, 2.05) is 6.07 Å². The van der Waals surface area contributed by atoms with E-state index >= 15 is 0 Å². The molecule has 98 valence electrons. The highest BCUT2D eigenvalue weighted by Crippen LogP contribution is 2.20. The molecule has 1 aromatic carbocycles. The Balaban J connectivity index is 1.74. The quantitative estimate of drug-likeness (QED) is 0.915. The summed E-state index contributed by atoms with van der Waals surface area (Å²) >= 11 is 0. The molecule has 1 aromatic heterocycles. The van der Waals surface area contributed by atoms with Gasteiger partial charge < -0.3 is 5.32 Å². The van der Waals surface area contributed by atoms with Gasteiger partial charge in [0.05, 0.1) is 0 Å². The molecule has 1 aliphatic carbocycles. The van der Waals surface area contributed by atoms with Gasteiger partial charge in [-0.05, 0) is 31.4 Å². The first-order valence-electron chi connectivity index (χ1n) is 6.53. The van der Waals surface area contributed by atoms with Crippen molar-refractivity contribution < 1.29 is 4.39 Å². The Hall–Kier alpha value is -1.81. The number of hydrogen-bond donors (Lipinski definition) is 1. The van der Waals surface area contributed by atoms with E-state index in [9.17, 15) is 4.39 Å². The minimum absolute atomic E-state index is 0.222. The molecule has 1 fully saturated rings. The molecular formula is C15H16FN3. The number of hydrogen-bond acceptors (Lipinski definition) is 3. The Morgan fingerprint density at radius 3 is 2.63 bits per heavy atom. The summed E-state index contributed by atoms with van der Waals surface area (Å²) in [4.78, 5) is 8.60. The number of nitrogens with one attached hydrogen (secondary N) is 1. The fraction of sp³-hybridized carbons (Fsp3) is 0.333. The van der Waals surface area contributed by atoms with E-state index in [4.69, 9.17) is 0 Å². The van der Waals surface area contributed by atoms with Gasteiger partial charge in [0.2, 0.25) is 0 Å². The summed E-state index contributed by atoms with van der Waals surface area (Å²) in [6.45, 7) is 2.54. The van der Waals surface area contributed by atoms with Crippen LogP contribution in [0.2, 0.25) is 0 Å². The summed E-state index contributed by atoms with van der Waals surface area (Å²) in [6.07, 6.45) is 6.13. The zero-order chi connectivity index (χ0) is 13.2.